The topological polar surface area (TPSA) is 52.6 Å². The highest BCUT2D eigenvalue weighted by atomic mass is 35.5. The first-order valence-electron chi connectivity index (χ1n) is 8.71. The van der Waals surface area contributed by atoms with Crippen LogP contribution in [0.5, 0.6) is 0 Å². The number of carbonyl (C=O) groups is 2. The minimum Gasteiger partial charge on any atom is -0.464 e. The van der Waals surface area contributed by atoms with Gasteiger partial charge < -0.3 is 9.47 Å². The van der Waals surface area contributed by atoms with Crippen molar-refractivity contribution < 1.29 is 19.1 Å². The Morgan fingerprint density at radius 1 is 0.957 bits per heavy atom. The van der Waals surface area contributed by atoms with Crippen molar-refractivity contribution >= 4 is 23.5 Å². The van der Waals surface area contributed by atoms with Crippen molar-refractivity contribution in [2.75, 3.05) is 13.2 Å². The second kappa shape index (κ2) is 15.9. The molecule has 0 amide bonds. The zero-order chi connectivity index (χ0) is 17.3. The number of carbonyl (C=O) groups excluding carboxylic acids is 2. The van der Waals surface area contributed by atoms with E-state index in [9.17, 15) is 9.59 Å². The van der Waals surface area contributed by atoms with Crippen LogP contribution in [0.3, 0.4) is 0 Å². The van der Waals surface area contributed by atoms with Crippen molar-refractivity contribution in [3.63, 3.8) is 0 Å². The van der Waals surface area contributed by atoms with E-state index in [-0.39, 0.29) is 6.61 Å². The predicted octanol–water partition coefficient (Wildman–Crippen LogP) is 4.79. The highest BCUT2D eigenvalue weighted by Gasteiger charge is 2.18. The number of ether oxygens (including phenoxy) is 2. The van der Waals surface area contributed by atoms with E-state index in [1.54, 1.807) is 0 Å². The lowest BCUT2D eigenvalue weighted by molar-refractivity contribution is -0.146. The molecule has 0 aliphatic carbocycles. The minimum atomic E-state index is -0.956. The molecule has 0 bridgehead atoms. The molecule has 0 spiro atoms. The Morgan fingerprint density at radius 3 is 2.00 bits per heavy atom. The van der Waals surface area contributed by atoms with Gasteiger partial charge in [-0.3, -0.25) is 4.79 Å². The first-order chi connectivity index (χ1) is 11.1. The molecule has 0 N–H and O–H groups in total. The standard InChI is InChI=1S/C18H31ClO4/c1-3-5-6-7-8-9-10-11-12-13-14-22-18(21)16(19)15-23-17(20)4-2/h4,16H,2-3,5-15H2,1H3. The minimum absolute atomic E-state index is 0.191. The largest absolute Gasteiger partial charge is 0.464 e. The molecule has 1 unspecified atom stereocenters. The van der Waals surface area contributed by atoms with Gasteiger partial charge in [-0.1, -0.05) is 71.3 Å². The molecule has 0 aromatic carbocycles. The predicted molar refractivity (Wildman–Crippen MR) is 93.6 cm³/mol. The van der Waals surface area contributed by atoms with Crippen LogP contribution in [0, 0.1) is 0 Å². The van der Waals surface area contributed by atoms with Crippen molar-refractivity contribution in [1.82, 2.24) is 0 Å². The first kappa shape index (κ1) is 22.0. The Bertz CT molecular complexity index is 331. The molecule has 4 nitrogen and oxygen atoms in total. The molecular formula is C18H31ClO4. The normalized spacial score (nSPS) is 11.7. The third-order valence-electron chi connectivity index (χ3n) is 3.54. The van der Waals surface area contributed by atoms with E-state index < -0.39 is 17.3 Å². The number of rotatable bonds is 15. The number of halogens is 1. The van der Waals surface area contributed by atoms with Crippen molar-refractivity contribution in [3.8, 4) is 0 Å². The zero-order valence-corrected chi connectivity index (χ0v) is 15.1. The molecule has 1 atom stereocenters. The molecule has 0 saturated heterocycles. The van der Waals surface area contributed by atoms with E-state index in [0.717, 1.165) is 18.9 Å². The van der Waals surface area contributed by atoms with Gasteiger partial charge in [-0.05, 0) is 6.42 Å². The number of unbranched alkanes of at least 4 members (excludes halogenated alkanes) is 9. The Morgan fingerprint density at radius 2 is 1.48 bits per heavy atom. The van der Waals surface area contributed by atoms with E-state index in [2.05, 4.69) is 13.5 Å². The van der Waals surface area contributed by atoms with E-state index in [1.807, 2.05) is 0 Å². The Balaban J connectivity index is 3.38. The molecule has 5 heteroatoms. The van der Waals surface area contributed by atoms with Crippen molar-refractivity contribution in [1.29, 1.82) is 0 Å². The molecule has 0 aliphatic heterocycles. The van der Waals surface area contributed by atoms with Crippen molar-refractivity contribution in [2.24, 2.45) is 0 Å². The van der Waals surface area contributed by atoms with Gasteiger partial charge in [0.25, 0.3) is 0 Å². The molecule has 0 heterocycles. The van der Waals surface area contributed by atoms with Gasteiger partial charge in [0.05, 0.1) is 6.61 Å². The molecule has 0 aliphatic rings. The van der Waals surface area contributed by atoms with Gasteiger partial charge in [0.15, 0.2) is 5.38 Å². The molecule has 0 fully saturated rings. The summed E-state index contributed by atoms with van der Waals surface area (Å²) >= 11 is 5.78. The van der Waals surface area contributed by atoms with Gasteiger partial charge in [0.2, 0.25) is 0 Å². The summed E-state index contributed by atoms with van der Waals surface area (Å²) in [5.41, 5.74) is 0. The van der Waals surface area contributed by atoms with Gasteiger partial charge in [0, 0.05) is 6.08 Å². The first-order valence-corrected chi connectivity index (χ1v) is 9.15. The van der Waals surface area contributed by atoms with Gasteiger partial charge in [-0.25, -0.2) is 4.79 Å². The fourth-order valence-electron chi connectivity index (χ4n) is 2.13. The summed E-state index contributed by atoms with van der Waals surface area (Å²) in [7, 11) is 0. The fourth-order valence-corrected chi connectivity index (χ4v) is 2.26. The van der Waals surface area contributed by atoms with Gasteiger partial charge in [0.1, 0.15) is 6.61 Å². The maximum Gasteiger partial charge on any atom is 0.330 e. The zero-order valence-electron chi connectivity index (χ0n) is 14.4. The smallest absolute Gasteiger partial charge is 0.330 e. The van der Waals surface area contributed by atoms with Crippen LogP contribution in [-0.2, 0) is 19.1 Å². The average Bonchev–Trinajstić information content (AvgIpc) is 2.56. The van der Waals surface area contributed by atoms with E-state index in [1.165, 1.54) is 51.4 Å². The third-order valence-corrected chi connectivity index (χ3v) is 3.84. The van der Waals surface area contributed by atoms with Gasteiger partial charge in [-0.2, -0.15) is 0 Å². The van der Waals surface area contributed by atoms with Crippen LogP contribution in [0.4, 0.5) is 0 Å². The molecule has 0 rings (SSSR count). The van der Waals surface area contributed by atoms with Gasteiger partial charge in [-0.15, -0.1) is 11.6 Å². The van der Waals surface area contributed by atoms with Crippen molar-refractivity contribution in [3.05, 3.63) is 12.7 Å². The SMILES string of the molecule is C=CC(=O)OCC(Cl)C(=O)OCCCCCCCCCCCC. The summed E-state index contributed by atoms with van der Waals surface area (Å²) in [6.07, 6.45) is 13.3. The monoisotopic (exact) mass is 346 g/mol. The molecule has 134 valence electrons. The van der Waals surface area contributed by atoms with Crippen LogP contribution in [-0.4, -0.2) is 30.5 Å². The quantitative estimate of drug-likeness (QED) is 0.185. The maximum absolute atomic E-state index is 11.5. The van der Waals surface area contributed by atoms with Crippen LogP contribution in [0.25, 0.3) is 0 Å². The van der Waals surface area contributed by atoms with E-state index in [0.29, 0.717) is 6.61 Å². The van der Waals surface area contributed by atoms with Crippen LogP contribution >= 0.6 is 11.6 Å². The molecule has 0 aromatic heterocycles. The van der Waals surface area contributed by atoms with E-state index in [4.69, 9.17) is 21.1 Å². The summed E-state index contributed by atoms with van der Waals surface area (Å²) < 4.78 is 9.74. The molecular weight excluding hydrogens is 316 g/mol. The number of hydrogen-bond donors (Lipinski definition) is 0. The van der Waals surface area contributed by atoms with Crippen molar-refractivity contribution in [2.45, 2.75) is 76.5 Å². The summed E-state index contributed by atoms with van der Waals surface area (Å²) in [6.45, 7) is 5.67. The highest BCUT2D eigenvalue weighted by Crippen LogP contribution is 2.10. The van der Waals surface area contributed by atoms with Crippen LogP contribution in [0.15, 0.2) is 12.7 Å². The fraction of sp³-hybridized carbons (Fsp3) is 0.778. The van der Waals surface area contributed by atoms with Crippen LogP contribution < -0.4 is 0 Å². The lowest BCUT2D eigenvalue weighted by Crippen LogP contribution is -2.24. The Hall–Kier alpha value is -1.03. The van der Waals surface area contributed by atoms with E-state index >= 15 is 0 Å². The van der Waals surface area contributed by atoms with Crippen LogP contribution in [0.1, 0.15) is 71.1 Å². The summed E-state index contributed by atoms with van der Waals surface area (Å²) in [6, 6.07) is 0. The summed E-state index contributed by atoms with van der Waals surface area (Å²) in [4.78, 5) is 22.4. The number of esters is 2. The number of hydrogen-bond acceptors (Lipinski definition) is 4. The summed E-state index contributed by atoms with van der Waals surface area (Å²) in [5, 5.41) is -0.956. The Labute approximate surface area is 145 Å². The maximum atomic E-state index is 11.5. The second-order valence-electron chi connectivity index (χ2n) is 5.65. The molecule has 0 radical (unpaired) electrons. The average molecular weight is 347 g/mol. The molecule has 23 heavy (non-hydrogen) atoms. The molecule has 0 saturated carbocycles. The lowest BCUT2D eigenvalue weighted by Gasteiger charge is -2.09. The summed E-state index contributed by atoms with van der Waals surface area (Å²) in [5.74, 6) is -1.14. The molecule has 0 aromatic rings. The Kier molecular flexibility index (Phi) is 15.1. The third kappa shape index (κ3) is 14.3. The van der Waals surface area contributed by atoms with Gasteiger partial charge >= 0.3 is 11.9 Å². The number of alkyl halides is 1. The highest BCUT2D eigenvalue weighted by molar-refractivity contribution is 6.30. The van der Waals surface area contributed by atoms with Crippen LogP contribution in [0.2, 0.25) is 0 Å². The second-order valence-corrected chi connectivity index (χ2v) is 6.18. The lowest BCUT2D eigenvalue weighted by atomic mass is 10.1.